The van der Waals surface area contributed by atoms with Gasteiger partial charge in [0.1, 0.15) is 0 Å². The van der Waals surface area contributed by atoms with Crippen molar-refractivity contribution in [2.24, 2.45) is 0 Å². The SMILES string of the molecule is O=C1C=C(C2Cc3cccc4cccc2c34)C(=O)C=C1c1ccc(CO)cc1.[O]=[Al]. The summed E-state index contributed by atoms with van der Waals surface area (Å²) in [6.45, 7) is -0.0515. The van der Waals surface area contributed by atoms with Crippen molar-refractivity contribution in [3.63, 3.8) is 0 Å². The van der Waals surface area contributed by atoms with E-state index in [1.165, 1.54) is 44.7 Å². The van der Waals surface area contributed by atoms with E-state index in [1.807, 2.05) is 12.1 Å². The van der Waals surface area contributed by atoms with Gasteiger partial charge >= 0.3 is 20.0 Å². The van der Waals surface area contributed by atoms with E-state index < -0.39 is 0 Å². The number of hydrogen-bond acceptors (Lipinski definition) is 4. The molecule has 1 unspecified atom stereocenters. The zero-order chi connectivity index (χ0) is 21.3. The Labute approximate surface area is 182 Å². The molecule has 2 aliphatic carbocycles. The zero-order valence-electron chi connectivity index (χ0n) is 16.2. The van der Waals surface area contributed by atoms with Gasteiger partial charge in [0.15, 0.2) is 11.6 Å². The van der Waals surface area contributed by atoms with Gasteiger partial charge in [-0.1, -0.05) is 60.7 Å². The monoisotopic (exact) mass is 409 g/mol. The molecule has 1 radical (unpaired) electrons. The average Bonchev–Trinajstić information content (AvgIpc) is 3.17. The van der Waals surface area contributed by atoms with Gasteiger partial charge < -0.3 is 5.11 Å². The van der Waals surface area contributed by atoms with Crippen LogP contribution < -0.4 is 0 Å². The van der Waals surface area contributed by atoms with Crippen LogP contribution >= 0.6 is 0 Å². The minimum atomic E-state index is -0.144. The Balaban J connectivity index is 0.00000106. The molecular formula is C25H18AlO4. The molecule has 0 fully saturated rings. The maximum absolute atomic E-state index is 13.0. The fraction of sp³-hybridized carbons (Fsp3) is 0.120. The van der Waals surface area contributed by atoms with Crippen molar-refractivity contribution >= 4 is 44.1 Å². The van der Waals surface area contributed by atoms with Crippen molar-refractivity contribution in [2.75, 3.05) is 0 Å². The standard InChI is InChI=1S/C25H18O3.Al.O/c26-14-15-7-9-16(10-8-15)20-12-24(28)22(13-23(20)27)21-11-18-5-1-3-17-4-2-6-19(21)25(17)18;;/h1-10,12-13,21,26H,11,14H2;;. The van der Waals surface area contributed by atoms with Gasteiger partial charge in [-0.15, -0.1) is 0 Å². The molecule has 3 aromatic carbocycles. The molecule has 3 aromatic rings. The van der Waals surface area contributed by atoms with Crippen LogP contribution in [-0.4, -0.2) is 32.9 Å². The number of carbonyl (C=O) groups is 2. The summed E-state index contributed by atoms with van der Waals surface area (Å²) in [6, 6.07) is 19.5. The number of carbonyl (C=O) groups excluding carboxylic acids is 2. The van der Waals surface area contributed by atoms with Crippen LogP contribution in [0.1, 0.15) is 28.2 Å². The number of aliphatic hydroxyl groups excluding tert-OH is 1. The molecule has 5 heteroatoms. The summed E-state index contributed by atoms with van der Waals surface area (Å²) in [5.41, 5.74) is 4.81. The van der Waals surface area contributed by atoms with Crippen LogP contribution in [0, 0.1) is 0 Å². The van der Waals surface area contributed by atoms with Gasteiger partial charge in [0, 0.05) is 17.1 Å². The molecule has 145 valence electrons. The maximum atomic E-state index is 13.0. The van der Waals surface area contributed by atoms with Crippen molar-refractivity contribution in [3.05, 3.63) is 101 Å². The van der Waals surface area contributed by atoms with Crippen molar-refractivity contribution < 1.29 is 18.5 Å². The van der Waals surface area contributed by atoms with E-state index in [4.69, 9.17) is 3.80 Å². The summed E-state index contributed by atoms with van der Waals surface area (Å²) in [4.78, 5) is 25.8. The summed E-state index contributed by atoms with van der Waals surface area (Å²) in [6.07, 6.45) is 3.73. The van der Waals surface area contributed by atoms with Gasteiger partial charge in [0.2, 0.25) is 0 Å². The molecule has 5 rings (SSSR count). The van der Waals surface area contributed by atoms with Crippen LogP contribution in [0.25, 0.3) is 16.3 Å². The van der Waals surface area contributed by atoms with E-state index in [-0.39, 0.29) is 24.1 Å². The van der Waals surface area contributed by atoms with Crippen LogP contribution in [0.5, 0.6) is 0 Å². The van der Waals surface area contributed by atoms with Crippen molar-refractivity contribution in [1.29, 1.82) is 0 Å². The first-order chi connectivity index (χ1) is 14.7. The number of aliphatic hydroxyl groups is 1. The molecule has 0 aliphatic heterocycles. The van der Waals surface area contributed by atoms with Crippen molar-refractivity contribution in [1.82, 2.24) is 0 Å². The number of rotatable bonds is 3. The third kappa shape index (κ3) is 3.42. The van der Waals surface area contributed by atoms with Gasteiger partial charge in [-0.25, -0.2) is 0 Å². The second-order valence-electron chi connectivity index (χ2n) is 7.36. The van der Waals surface area contributed by atoms with E-state index in [9.17, 15) is 14.7 Å². The summed E-state index contributed by atoms with van der Waals surface area (Å²) in [5.74, 6) is -0.322. The molecule has 1 N–H and O–H groups in total. The van der Waals surface area contributed by atoms with E-state index >= 15 is 0 Å². The van der Waals surface area contributed by atoms with Crippen LogP contribution in [-0.2, 0) is 26.4 Å². The van der Waals surface area contributed by atoms with Gasteiger partial charge in [0.05, 0.1) is 6.61 Å². The molecule has 0 heterocycles. The Morgan fingerprint density at radius 2 is 1.57 bits per heavy atom. The molecule has 0 amide bonds. The molecule has 0 aromatic heterocycles. The Hall–Kier alpha value is -2.97. The Bertz CT molecular complexity index is 1220. The van der Waals surface area contributed by atoms with E-state index in [2.05, 4.69) is 24.3 Å². The number of hydrogen-bond donors (Lipinski definition) is 1. The van der Waals surface area contributed by atoms with Crippen LogP contribution in [0.3, 0.4) is 0 Å². The summed E-state index contributed by atoms with van der Waals surface area (Å²) in [7, 11) is 0. The zero-order valence-corrected chi connectivity index (χ0v) is 17.3. The number of ketones is 2. The molecule has 2 aliphatic rings. The summed E-state index contributed by atoms with van der Waals surface area (Å²) < 4.78 is 8.17. The molecule has 0 saturated carbocycles. The normalized spacial score (nSPS) is 17.3. The third-order valence-corrected chi connectivity index (χ3v) is 5.76. The first-order valence-corrected chi connectivity index (χ1v) is 10.1. The fourth-order valence-corrected chi connectivity index (χ4v) is 4.38. The molecule has 0 saturated heterocycles. The molecule has 0 spiro atoms. The predicted molar refractivity (Wildman–Crippen MR) is 115 cm³/mol. The third-order valence-electron chi connectivity index (χ3n) is 5.76. The summed E-state index contributed by atoms with van der Waals surface area (Å²) >= 11 is 1.17. The molecule has 0 bridgehead atoms. The second kappa shape index (κ2) is 8.41. The molecular weight excluding hydrogens is 391 g/mol. The average molecular weight is 409 g/mol. The van der Waals surface area contributed by atoms with Crippen LogP contribution in [0.15, 0.2) is 78.4 Å². The topological polar surface area (TPSA) is 71.4 Å². The van der Waals surface area contributed by atoms with E-state index in [1.54, 1.807) is 24.3 Å². The van der Waals surface area contributed by atoms with E-state index in [0.717, 1.165) is 17.5 Å². The van der Waals surface area contributed by atoms with Crippen molar-refractivity contribution in [2.45, 2.75) is 18.9 Å². The minimum absolute atomic E-state index is 0.0515. The Morgan fingerprint density at radius 1 is 0.867 bits per heavy atom. The molecule has 4 nitrogen and oxygen atoms in total. The number of allylic oxidation sites excluding steroid dienone is 4. The Morgan fingerprint density at radius 3 is 2.27 bits per heavy atom. The first kappa shape index (κ1) is 20.3. The summed E-state index contributed by atoms with van der Waals surface area (Å²) in [5, 5.41) is 11.6. The van der Waals surface area contributed by atoms with Crippen LogP contribution in [0.2, 0.25) is 0 Å². The predicted octanol–water partition coefficient (Wildman–Crippen LogP) is 3.63. The van der Waals surface area contributed by atoms with Gasteiger partial charge in [0.25, 0.3) is 0 Å². The number of benzene rings is 3. The molecule has 1 atom stereocenters. The van der Waals surface area contributed by atoms with Gasteiger partial charge in [-0.2, -0.15) is 0 Å². The second-order valence-corrected chi connectivity index (χ2v) is 7.36. The van der Waals surface area contributed by atoms with Gasteiger partial charge in [-0.05, 0) is 51.6 Å². The Kier molecular flexibility index (Phi) is 5.70. The molecule has 30 heavy (non-hydrogen) atoms. The van der Waals surface area contributed by atoms with Crippen LogP contribution in [0.4, 0.5) is 0 Å². The fourth-order valence-electron chi connectivity index (χ4n) is 4.38. The van der Waals surface area contributed by atoms with Crippen molar-refractivity contribution in [3.8, 4) is 0 Å². The quantitative estimate of drug-likeness (QED) is 0.530. The van der Waals surface area contributed by atoms with Gasteiger partial charge in [-0.3, -0.25) is 9.59 Å². The first-order valence-electron chi connectivity index (χ1n) is 9.62. The van der Waals surface area contributed by atoms with E-state index in [0.29, 0.717) is 16.7 Å².